The summed E-state index contributed by atoms with van der Waals surface area (Å²) in [6.45, 7) is 0. The van der Waals surface area contributed by atoms with Crippen LogP contribution in [0.2, 0.25) is 0 Å². The normalized spacial score (nSPS) is 19.6. The third kappa shape index (κ3) is 6.92. The van der Waals surface area contributed by atoms with Gasteiger partial charge in [0.25, 0.3) is 0 Å². The summed E-state index contributed by atoms with van der Waals surface area (Å²) in [5.74, 6) is -21.0. The topological polar surface area (TPSA) is 67.8 Å². The summed E-state index contributed by atoms with van der Waals surface area (Å²) in [4.78, 5) is 9.86. The molecule has 0 aliphatic rings. The average molecular weight is 651 g/mol. The molecule has 0 heterocycles. The molecule has 0 bridgehead atoms. The molecule has 38 heavy (non-hydrogen) atoms. The number of carbonyl (C=O) groups excluding carboxylic acids is 1. The number of hydrogen-bond donors (Lipinski definition) is 0. The molecule has 3 unspecified atom stereocenters. The van der Waals surface area contributed by atoms with E-state index in [1.165, 1.54) is 14.2 Å². The third-order valence-corrected chi connectivity index (χ3v) is 3.67. The molecule has 0 fully saturated rings. The summed E-state index contributed by atoms with van der Waals surface area (Å²) in [7, 11) is 0. The predicted octanol–water partition coefficient (Wildman–Crippen LogP) is 2.08. The van der Waals surface area contributed by atoms with Crippen LogP contribution >= 0.6 is 11.6 Å². The Morgan fingerprint density at radius 3 is 1.05 bits per heavy atom. The van der Waals surface area contributed by atoms with Gasteiger partial charge in [-0.25, -0.2) is 9.13 Å². The molecule has 0 aromatic heterocycles. The van der Waals surface area contributed by atoms with Gasteiger partial charge in [0.15, 0.2) is 0 Å². The smallest absolute Gasteiger partial charge is 0.542 e. The van der Waals surface area contributed by atoms with E-state index in [9.17, 15) is 97.7 Å². The van der Waals surface area contributed by atoms with E-state index in [-0.39, 0.29) is 29.6 Å². The Kier molecular flexibility index (Phi) is 11.0. The van der Waals surface area contributed by atoms with Crippen LogP contribution in [0.5, 0.6) is 0 Å². The second-order valence-corrected chi connectivity index (χ2v) is 6.44. The quantitative estimate of drug-likeness (QED) is 0.206. The van der Waals surface area contributed by atoms with Gasteiger partial charge in [0.2, 0.25) is 0 Å². The molecule has 3 atom stereocenters. The molecular weight excluding hydrogens is 651 g/mol. The van der Waals surface area contributed by atoms with Crippen molar-refractivity contribution >= 4 is 17.6 Å². The summed E-state index contributed by atoms with van der Waals surface area (Å²) < 4.78 is 263. The minimum absolute atomic E-state index is 0. The number of carbonyl (C=O) groups is 1. The minimum atomic E-state index is -8.45. The molecule has 0 amide bonds. The number of ether oxygens (including phenoxy) is 3. The fourth-order valence-electron chi connectivity index (χ4n) is 1.48. The zero-order valence-electron chi connectivity index (χ0n) is 16.5. The van der Waals surface area contributed by atoms with Gasteiger partial charge < -0.3 is 9.90 Å². The van der Waals surface area contributed by atoms with Crippen LogP contribution in [0.1, 0.15) is 0 Å². The molecule has 27 heteroatoms. The number of hydrogen-bond acceptors (Lipinski definition) is 5. The van der Waals surface area contributed by atoms with Crippen molar-refractivity contribution in [2.75, 3.05) is 0 Å². The second-order valence-electron chi connectivity index (χ2n) is 5.92. The molecule has 5 nitrogen and oxygen atoms in total. The number of carboxylic acid groups (broad SMARTS) is 1. The van der Waals surface area contributed by atoms with Crippen LogP contribution in [0.4, 0.5) is 87.8 Å². The van der Waals surface area contributed by atoms with Crippen LogP contribution in [0.25, 0.3) is 0 Å². The fourth-order valence-corrected chi connectivity index (χ4v) is 1.52. The zero-order chi connectivity index (χ0) is 30.7. The molecule has 0 saturated heterocycles. The molecular formula is C11ClF20NaO5. The van der Waals surface area contributed by atoms with Gasteiger partial charge >= 0.3 is 89.4 Å². The van der Waals surface area contributed by atoms with Gasteiger partial charge in [-0.3, -0.25) is 9.47 Å². The summed E-state index contributed by atoms with van der Waals surface area (Å²) in [5, 5.41) is 2.79. The third-order valence-electron chi connectivity index (χ3n) is 3.23. The van der Waals surface area contributed by atoms with Gasteiger partial charge in [-0.15, -0.1) is 0 Å². The van der Waals surface area contributed by atoms with Crippen LogP contribution < -0.4 is 34.7 Å². The fraction of sp³-hybridized carbons (Fsp3) is 0.909. The van der Waals surface area contributed by atoms with Gasteiger partial charge in [-0.05, 0) is 0 Å². The number of rotatable bonds is 10. The Bertz CT molecular complexity index is 854. The number of carboxylic acids is 1. The van der Waals surface area contributed by atoms with Gasteiger partial charge in [0.05, 0.1) is 0 Å². The van der Waals surface area contributed by atoms with E-state index in [4.69, 9.17) is 0 Å². The van der Waals surface area contributed by atoms with Gasteiger partial charge in [0.1, 0.15) is 5.97 Å². The van der Waals surface area contributed by atoms with Gasteiger partial charge in [0, 0.05) is 0 Å². The first kappa shape index (κ1) is 39.4. The van der Waals surface area contributed by atoms with E-state index >= 15 is 0 Å². The van der Waals surface area contributed by atoms with E-state index in [0.29, 0.717) is 0 Å². The molecule has 0 radical (unpaired) electrons. The van der Waals surface area contributed by atoms with Crippen molar-refractivity contribution in [2.24, 2.45) is 0 Å². The first-order valence-corrected chi connectivity index (χ1v) is 7.73. The maximum atomic E-state index is 13.9. The molecule has 0 aromatic rings. The predicted molar refractivity (Wildman–Crippen MR) is 63.6 cm³/mol. The Labute approximate surface area is 219 Å². The Morgan fingerprint density at radius 1 is 0.500 bits per heavy atom. The van der Waals surface area contributed by atoms with Crippen molar-refractivity contribution in [1.29, 1.82) is 0 Å². The second kappa shape index (κ2) is 10.6. The molecule has 0 spiro atoms. The largest absolute Gasteiger partial charge is 1.00 e. The zero-order valence-corrected chi connectivity index (χ0v) is 19.2. The average Bonchev–Trinajstić information content (AvgIpc) is 2.56. The van der Waals surface area contributed by atoms with Crippen LogP contribution in [0.3, 0.4) is 0 Å². The van der Waals surface area contributed by atoms with E-state index in [2.05, 4.69) is 11.6 Å². The minimum Gasteiger partial charge on any atom is -0.542 e. The number of aliphatic carboxylic acids is 1. The van der Waals surface area contributed by atoms with Crippen molar-refractivity contribution in [3.8, 4) is 0 Å². The van der Waals surface area contributed by atoms with Gasteiger partial charge in [-0.2, -0.15) is 83.4 Å². The first-order valence-electron chi connectivity index (χ1n) is 7.35. The van der Waals surface area contributed by atoms with E-state index in [1.807, 2.05) is 0 Å². The van der Waals surface area contributed by atoms with Crippen LogP contribution in [-0.2, 0) is 19.0 Å². The first-order chi connectivity index (χ1) is 15.6. The van der Waals surface area contributed by atoms with Crippen molar-refractivity contribution in [3.63, 3.8) is 0 Å². The number of alkyl halides is 21. The molecule has 0 aliphatic carbocycles. The summed E-state index contributed by atoms with van der Waals surface area (Å²) in [6, 6.07) is 0. The monoisotopic (exact) mass is 650 g/mol. The summed E-state index contributed by atoms with van der Waals surface area (Å²) in [6.07, 6.45) is -54.9. The SMILES string of the molecule is O=C([O-])C(F)(F)OC(F)(C(F)(F)F)C(F)(F)OC(F)(C(F)(F)F)C(F)(F)OC(F)(F)C(F)(Cl)C(F)(F)F.[Na+]. The Hall–Kier alpha value is -0.760. The Morgan fingerprint density at radius 2 is 0.789 bits per heavy atom. The molecule has 0 N–H and O–H groups in total. The molecule has 222 valence electrons. The maximum Gasteiger partial charge on any atom is 1.00 e. The molecule has 0 aliphatic heterocycles. The van der Waals surface area contributed by atoms with Crippen molar-refractivity contribution in [3.05, 3.63) is 0 Å². The summed E-state index contributed by atoms with van der Waals surface area (Å²) >= 11 is 3.48. The number of halogens is 21. The van der Waals surface area contributed by atoms with Crippen molar-refractivity contribution in [2.45, 2.75) is 59.8 Å². The van der Waals surface area contributed by atoms with Crippen LogP contribution in [0.15, 0.2) is 0 Å². The van der Waals surface area contributed by atoms with E-state index < -0.39 is 65.8 Å². The molecule has 0 saturated carbocycles. The maximum absolute atomic E-state index is 13.9. The van der Waals surface area contributed by atoms with E-state index in [0.717, 1.165) is 0 Å². The van der Waals surface area contributed by atoms with Crippen LogP contribution in [-0.4, -0.2) is 65.8 Å². The van der Waals surface area contributed by atoms with Crippen molar-refractivity contribution < 1.29 is 141 Å². The Balaban J connectivity index is 0. The molecule has 0 aromatic carbocycles. The molecule has 0 rings (SSSR count). The van der Waals surface area contributed by atoms with Gasteiger partial charge in [-0.1, -0.05) is 11.6 Å². The van der Waals surface area contributed by atoms with E-state index in [1.54, 1.807) is 0 Å². The van der Waals surface area contributed by atoms with Crippen molar-refractivity contribution in [1.82, 2.24) is 0 Å². The standard InChI is InChI=1S/C11HClF20O5.Na/c12-3(15,6(18,19)20)9(27,28)37-11(31,32)5(17,8(24,25)26)36-10(29,30)4(16,7(21,22)23)35-2(13,14)1(33)34;/h(H,33,34);/q;+1/p-1. The summed E-state index contributed by atoms with van der Waals surface area (Å²) in [5.41, 5.74) is 0. The van der Waals surface area contributed by atoms with Crippen LogP contribution in [0, 0.1) is 0 Å².